The van der Waals surface area contributed by atoms with Gasteiger partial charge in [-0.05, 0) is 37.5 Å². The Morgan fingerprint density at radius 2 is 2.00 bits per heavy atom. The average molecular weight is 432 g/mol. The van der Waals surface area contributed by atoms with Crippen LogP contribution in [-0.2, 0) is 22.6 Å². The third kappa shape index (κ3) is 4.44. The van der Waals surface area contributed by atoms with Crippen LogP contribution in [0.2, 0.25) is 0 Å². The van der Waals surface area contributed by atoms with Crippen molar-refractivity contribution in [1.29, 1.82) is 0 Å². The molecule has 1 aliphatic heterocycles. The molecule has 1 saturated heterocycles. The molecule has 4 aromatic rings. The number of hydrogen-bond donors (Lipinski definition) is 1. The highest BCUT2D eigenvalue weighted by atomic mass is 16.5. The molecule has 0 bridgehead atoms. The molecule has 3 aromatic heterocycles. The number of aromatic nitrogens is 6. The number of anilines is 1. The molecule has 5 rings (SSSR count). The standard InChI is InChI=1S/C23H25N7O2/c1-15-5-2-9-19-21(15)26-23(24)27-22(19)20-12-30(29-28-20)11-16-6-3-7-17(25-16)13-31-14-18-8-4-10-32-18/h2-3,5-7,9,12,18H,4,8,10-11,13-14H2,1H3,(H2,24,26,27)/t18-/m1/s1. The van der Waals surface area contributed by atoms with Crippen molar-refractivity contribution in [3.8, 4) is 11.4 Å². The summed E-state index contributed by atoms with van der Waals surface area (Å²) in [6, 6.07) is 11.8. The van der Waals surface area contributed by atoms with E-state index >= 15 is 0 Å². The predicted molar refractivity (Wildman–Crippen MR) is 120 cm³/mol. The van der Waals surface area contributed by atoms with Gasteiger partial charge in [-0.25, -0.2) is 14.6 Å². The van der Waals surface area contributed by atoms with Gasteiger partial charge in [-0.1, -0.05) is 29.5 Å². The number of benzene rings is 1. The summed E-state index contributed by atoms with van der Waals surface area (Å²) in [6.45, 7) is 4.39. The van der Waals surface area contributed by atoms with E-state index in [1.165, 1.54) is 0 Å². The van der Waals surface area contributed by atoms with E-state index in [1.807, 2.05) is 49.5 Å². The number of nitrogen functional groups attached to an aromatic ring is 1. The topological polar surface area (TPSA) is 114 Å². The fourth-order valence-corrected chi connectivity index (χ4v) is 3.93. The van der Waals surface area contributed by atoms with Crippen LogP contribution in [0.15, 0.2) is 42.6 Å². The smallest absolute Gasteiger partial charge is 0.221 e. The van der Waals surface area contributed by atoms with Gasteiger partial charge in [-0.15, -0.1) is 5.10 Å². The summed E-state index contributed by atoms with van der Waals surface area (Å²) in [5.74, 6) is 0.216. The van der Waals surface area contributed by atoms with Gasteiger partial charge in [0.15, 0.2) is 0 Å². The minimum atomic E-state index is 0.211. The van der Waals surface area contributed by atoms with E-state index < -0.39 is 0 Å². The first kappa shape index (κ1) is 20.5. The molecule has 9 heteroatoms. The molecular formula is C23H25N7O2. The van der Waals surface area contributed by atoms with Crippen molar-refractivity contribution in [2.45, 2.75) is 39.0 Å². The second kappa shape index (κ2) is 8.97. The molecule has 2 N–H and O–H groups in total. The third-order valence-corrected chi connectivity index (χ3v) is 5.49. The fraction of sp³-hybridized carbons (Fsp3) is 0.348. The van der Waals surface area contributed by atoms with Crippen LogP contribution < -0.4 is 5.73 Å². The van der Waals surface area contributed by atoms with Gasteiger partial charge in [0, 0.05) is 12.0 Å². The first-order valence-electron chi connectivity index (χ1n) is 10.7. The zero-order valence-corrected chi connectivity index (χ0v) is 17.9. The van der Waals surface area contributed by atoms with Crippen LogP contribution in [0.25, 0.3) is 22.3 Å². The van der Waals surface area contributed by atoms with Gasteiger partial charge in [-0.2, -0.15) is 0 Å². The molecular weight excluding hydrogens is 406 g/mol. The Balaban J connectivity index is 1.31. The first-order valence-corrected chi connectivity index (χ1v) is 10.7. The van der Waals surface area contributed by atoms with E-state index in [0.29, 0.717) is 31.1 Å². The lowest BCUT2D eigenvalue weighted by Gasteiger charge is -2.10. The van der Waals surface area contributed by atoms with Crippen molar-refractivity contribution in [1.82, 2.24) is 29.9 Å². The Labute approximate surface area is 185 Å². The largest absolute Gasteiger partial charge is 0.376 e. The van der Waals surface area contributed by atoms with Gasteiger partial charge in [0.1, 0.15) is 11.4 Å². The highest BCUT2D eigenvalue weighted by Gasteiger charge is 2.16. The Morgan fingerprint density at radius 3 is 2.88 bits per heavy atom. The van der Waals surface area contributed by atoms with Crippen molar-refractivity contribution < 1.29 is 9.47 Å². The monoisotopic (exact) mass is 431 g/mol. The summed E-state index contributed by atoms with van der Waals surface area (Å²) in [5, 5.41) is 9.49. The van der Waals surface area contributed by atoms with E-state index in [0.717, 1.165) is 47.3 Å². The molecule has 0 unspecified atom stereocenters. The lowest BCUT2D eigenvalue weighted by Crippen LogP contribution is -2.14. The maximum absolute atomic E-state index is 5.95. The quantitative estimate of drug-likeness (QED) is 0.475. The van der Waals surface area contributed by atoms with Gasteiger partial charge in [0.25, 0.3) is 0 Å². The van der Waals surface area contributed by atoms with Crippen molar-refractivity contribution >= 4 is 16.9 Å². The second-order valence-electron chi connectivity index (χ2n) is 7.97. The molecule has 0 spiro atoms. The number of nitrogens with zero attached hydrogens (tertiary/aromatic N) is 6. The molecule has 0 saturated carbocycles. The van der Waals surface area contributed by atoms with Crippen molar-refractivity contribution in [3.05, 3.63) is 59.5 Å². The number of nitrogens with two attached hydrogens (primary N) is 1. The van der Waals surface area contributed by atoms with E-state index in [-0.39, 0.29) is 12.1 Å². The van der Waals surface area contributed by atoms with Crippen LogP contribution in [-0.4, -0.2) is 49.3 Å². The second-order valence-corrected chi connectivity index (χ2v) is 7.97. The molecule has 0 aliphatic carbocycles. The Kier molecular flexibility index (Phi) is 5.74. The van der Waals surface area contributed by atoms with Crippen LogP contribution in [0.4, 0.5) is 5.95 Å². The van der Waals surface area contributed by atoms with Crippen molar-refractivity contribution in [3.63, 3.8) is 0 Å². The maximum atomic E-state index is 5.95. The highest BCUT2D eigenvalue weighted by molar-refractivity contribution is 5.93. The van der Waals surface area contributed by atoms with E-state index in [1.54, 1.807) is 4.68 Å². The Hall–Kier alpha value is -3.43. The summed E-state index contributed by atoms with van der Waals surface area (Å²) in [5.41, 5.74) is 10.9. The molecule has 32 heavy (non-hydrogen) atoms. The van der Waals surface area contributed by atoms with Crippen LogP contribution in [0.3, 0.4) is 0 Å². The summed E-state index contributed by atoms with van der Waals surface area (Å²) >= 11 is 0. The first-order chi connectivity index (χ1) is 15.7. The van der Waals surface area contributed by atoms with Crippen molar-refractivity contribution in [2.24, 2.45) is 0 Å². The highest BCUT2D eigenvalue weighted by Crippen LogP contribution is 2.27. The molecule has 1 fully saturated rings. The molecule has 9 nitrogen and oxygen atoms in total. The molecule has 164 valence electrons. The number of rotatable bonds is 7. The Morgan fingerprint density at radius 1 is 1.12 bits per heavy atom. The number of fused-ring (bicyclic) bond motifs is 1. The molecule has 0 amide bonds. The molecule has 1 aromatic carbocycles. The minimum Gasteiger partial charge on any atom is -0.376 e. The van der Waals surface area contributed by atoms with E-state index in [4.69, 9.17) is 15.2 Å². The van der Waals surface area contributed by atoms with E-state index in [9.17, 15) is 0 Å². The van der Waals surface area contributed by atoms with Crippen molar-refractivity contribution in [2.75, 3.05) is 18.9 Å². The van der Waals surface area contributed by atoms with Crippen LogP contribution in [0.5, 0.6) is 0 Å². The maximum Gasteiger partial charge on any atom is 0.221 e. The van der Waals surface area contributed by atoms with Crippen LogP contribution >= 0.6 is 0 Å². The number of aryl methyl sites for hydroxylation is 1. The van der Waals surface area contributed by atoms with Gasteiger partial charge in [-0.3, -0.25) is 4.98 Å². The summed E-state index contributed by atoms with van der Waals surface area (Å²) in [6.07, 6.45) is 4.24. The van der Waals surface area contributed by atoms with Gasteiger partial charge >= 0.3 is 0 Å². The zero-order valence-electron chi connectivity index (χ0n) is 17.9. The lowest BCUT2D eigenvalue weighted by atomic mass is 10.1. The number of pyridine rings is 1. The summed E-state index contributed by atoms with van der Waals surface area (Å²) in [4.78, 5) is 13.5. The third-order valence-electron chi connectivity index (χ3n) is 5.49. The SMILES string of the molecule is Cc1cccc2c(-c3cn(Cc4cccc(COC[C@H]5CCCO5)n4)nn3)nc(N)nc12. The number of ether oxygens (including phenoxy) is 2. The minimum absolute atomic E-state index is 0.211. The van der Waals surface area contributed by atoms with Gasteiger partial charge < -0.3 is 15.2 Å². The summed E-state index contributed by atoms with van der Waals surface area (Å²) in [7, 11) is 0. The molecule has 1 atom stereocenters. The Bertz CT molecular complexity index is 1230. The number of para-hydroxylation sites is 1. The van der Waals surface area contributed by atoms with E-state index in [2.05, 4.69) is 25.3 Å². The van der Waals surface area contributed by atoms with Crippen LogP contribution in [0, 0.1) is 6.92 Å². The zero-order chi connectivity index (χ0) is 21.9. The normalized spacial score (nSPS) is 16.1. The molecule has 4 heterocycles. The molecule has 1 aliphatic rings. The predicted octanol–water partition coefficient (Wildman–Crippen LogP) is 2.92. The summed E-state index contributed by atoms with van der Waals surface area (Å²) < 4.78 is 13.1. The lowest BCUT2D eigenvalue weighted by molar-refractivity contribution is 0.00961. The van der Waals surface area contributed by atoms with Gasteiger partial charge in [0.2, 0.25) is 5.95 Å². The average Bonchev–Trinajstić information content (AvgIpc) is 3.47. The fourth-order valence-electron chi connectivity index (χ4n) is 3.93. The molecule has 0 radical (unpaired) electrons. The van der Waals surface area contributed by atoms with Gasteiger partial charge in [0.05, 0.1) is 49.0 Å². The van der Waals surface area contributed by atoms with Crippen LogP contribution in [0.1, 0.15) is 29.8 Å². The number of hydrogen-bond acceptors (Lipinski definition) is 8.